The summed E-state index contributed by atoms with van der Waals surface area (Å²) in [4.78, 5) is 0.341. The van der Waals surface area contributed by atoms with Crippen LogP contribution >= 0.6 is 0 Å². The van der Waals surface area contributed by atoms with Gasteiger partial charge in [-0.15, -0.1) is 0 Å². The van der Waals surface area contributed by atoms with Crippen molar-refractivity contribution in [2.45, 2.75) is 36.3 Å². The molecule has 3 heterocycles. The number of sulfonamides is 1. The van der Waals surface area contributed by atoms with Gasteiger partial charge >= 0.3 is 0 Å². The van der Waals surface area contributed by atoms with Crippen LogP contribution in [-0.2, 0) is 23.0 Å². The standard InChI is InChI=1S/C22H26N2O5S/c1-27-20-9-14-6-8-24(13-15(14)10-21(20)28-2)30(25,26)16-3-4-19-18(11-16)17-5-7-23-12-22(17)29-19/h3-4,9-11,17,22-23H,5-8,12-13H2,1-2H3. The van der Waals surface area contributed by atoms with Crippen molar-refractivity contribution in [2.24, 2.45) is 0 Å². The average molecular weight is 431 g/mol. The first-order chi connectivity index (χ1) is 14.5. The highest BCUT2D eigenvalue weighted by atomic mass is 32.2. The molecule has 8 heteroatoms. The molecule has 2 unspecified atom stereocenters. The number of hydrogen-bond acceptors (Lipinski definition) is 6. The molecule has 7 nitrogen and oxygen atoms in total. The minimum Gasteiger partial charge on any atom is -0.493 e. The zero-order valence-electron chi connectivity index (χ0n) is 17.2. The van der Waals surface area contributed by atoms with E-state index in [4.69, 9.17) is 14.2 Å². The molecule has 3 aliphatic heterocycles. The lowest BCUT2D eigenvalue weighted by Gasteiger charge is -2.29. The summed E-state index contributed by atoms with van der Waals surface area (Å²) in [5, 5.41) is 3.34. The van der Waals surface area contributed by atoms with Crippen LogP contribution in [0.4, 0.5) is 0 Å². The van der Waals surface area contributed by atoms with E-state index in [-0.39, 0.29) is 12.0 Å². The van der Waals surface area contributed by atoms with Crippen LogP contribution in [-0.4, -0.2) is 52.7 Å². The van der Waals surface area contributed by atoms with Gasteiger partial charge in [-0.1, -0.05) is 0 Å². The predicted molar refractivity (Wildman–Crippen MR) is 112 cm³/mol. The van der Waals surface area contributed by atoms with Gasteiger partial charge in [0.15, 0.2) is 11.5 Å². The molecule has 0 spiro atoms. The van der Waals surface area contributed by atoms with Crippen LogP contribution in [0.3, 0.4) is 0 Å². The van der Waals surface area contributed by atoms with Crippen LogP contribution in [0.15, 0.2) is 35.2 Å². The summed E-state index contributed by atoms with van der Waals surface area (Å²) in [6.07, 6.45) is 1.69. The molecule has 160 valence electrons. The van der Waals surface area contributed by atoms with Gasteiger partial charge in [0.1, 0.15) is 11.9 Å². The number of nitrogens with one attached hydrogen (secondary N) is 1. The first kappa shape index (κ1) is 19.7. The second-order valence-corrected chi connectivity index (χ2v) is 9.96. The van der Waals surface area contributed by atoms with Crippen molar-refractivity contribution >= 4 is 10.0 Å². The summed E-state index contributed by atoms with van der Waals surface area (Å²) >= 11 is 0. The predicted octanol–water partition coefficient (Wildman–Crippen LogP) is 2.29. The minimum absolute atomic E-state index is 0.0935. The highest BCUT2D eigenvalue weighted by molar-refractivity contribution is 7.89. The molecule has 30 heavy (non-hydrogen) atoms. The van der Waals surface area contributed by atoms with Gasteiger partial charge in [-0.2, -0.15) is 4.31 Å². The van der Waals surface area contributed by atoms with Crippen LogP contribution in [0.25, 0.3) is 0 Å². The van der Waals surface area contributed by atoms with Gasteiger partial charge in [0.25, 0.3) is 0 Å². The van der Waals surface area contributed by atoms with E-state index in [1.165, 1.54) is 0 Å². The van der Waals surface area contributed by atoms with Crippen molar-refractivity contribution in [1.29, 1.82) is 0 Å². The van der Waals surface area contributed by atoms with E-state index >= 15 is 0 Å². The number of hydrogen-bond donors (Lipinski definition) is 1. The Labute approximate surface area is 177 Å². The molecule has 1 fully saturated rings. The maximum atomic E-state index is 13.5. The lowest BCUT2D eigenvalue weighted by Crippen LogP contribution is -2.39. The maximum Gasteiger partial charge on any atom is 0.243 e. The molecule has 2 aromatic carbocycles. The topological polar surface area (TPSA) is 77.1 Å². The van der Waals surface area contributed by atoms with Crippen LogP contribution in [0, 0.1) is 0 Å². The fraction of sp³-hybridized carbons (Fsp3) is 0.455. The fourth-order valence-corrected chi connectivity index (χ4v) is 6.22. The third-order valence-electron chi connectivity index (χ3n) is 6.41. The Morgan fingerprint density at radius 1 is 1.10 bits per heavy atom. The maximum absolute atomic E-state index is 13.5. The summed E-state index contributed by atoms with van der Waals surface area (Å²) < 4.78 is 45.3. The molecule has 0 saturated carbocycles. The lowest BCUT2D eigenvalue weighted by atomic mass is 9.90. The number of ether oxygens (including phenoxy) is 3. The monoisotopic (exact) mass is 430 g/mol. The van der Waals surface area contributed by atoms with Crippen LogP contribution < -0.4 is 19.5 Å². The summed E-state index contributed by atoms with van der Waals surface area (Å²) in [5.41, 5.74) is 3.07. The van der Waals surface area contributed by atoms with Gasteiger partial charge in [-0.3, -0.25) is 0 Å². The van der Waals surface area contributed by atoms with Crippen LogP contribution in [0.2, 0.25) is 0 Å². The fourth-order valence-electron chi connectivity index (χ4n) is 4.77. The van der Waals surface area contributed by atoms with Crippen molar-refractivity contribution in [3.05, 3.63) is 47.0 Å². The van der Waals surface area contributed by atoms with Gasteiger partial charge in [-0.25, -0.2) is 8.42 Å². The average Bonchev–Trinajstić information content (AvgIpc) is 3.15. The summed E-state index contributed by atoms with van der Waals surface area (Å²) in [6, 6.07) is 9.13. The molecule has 2 atom stereocenters. The molecule has 0 aliphatic carbocycles. The molecule has 5 rings (SSSR count). The number of rotatable bonds is 4. The Balaban J connectivity index is 1.44. The van der Waals surface area contributed by atoms with Crippen molar-refractivity contribution in [2.75, 3.05) is 33.9 Å². The summed E-state index contributed by atoms with van der Waals surface area (Å²) in [5.74, 6) is 2.36. The Bertz CT molecular complexity index is 1090. The largest absolute Gasteiger partial charge is 0.493 e. The molecule has 0 amide bonds. The zero-order chi connectivity index (χ0) is 20.9. The summed E-state index contributed by atoms with van der Waals surface area (Å²) in [6.45, 7) is 2.49. The van der Waals surface area contributed by atoms with E-state index in [2.05, 4.69) is 5.32 Å². The quantitative estimate of drug-likeness (QED) is 0.802. The van der Waals surface area contributed by atoms with Crippen molar-refractivity contribution in [3.63, 3.8) is 0 Å². The third-order valence-corrected chi connectivity index (χ3v) is 8.25. The first-order valence-corrected chi connectivity index (χ1v) is 11.7. The van der Waals surface area contributed by atoms with E-state index in [1.807, 2.05) is 24.3 Å². The summed E-state index contributed by atoms with van der Waals surface area (Å²) in [7, 11) is -0.418. The highest BCUT2D eigenvalue weighted by Gasteiger charge is 2.38. The number of methoxy groups -OCH3 is 2. The van der Waals surface area contributed by atoms with E-state index in [0.717, 1.165) is 42.0 Å². The first-order valence-electron chi connectivity index (χ1n) is 10.3. The third kappa shape index (κ3) is 3.14. The second kappa shape index (κ2) is 7.44. The Hall–Kier alpha value is -2.29. The number of benzene rings is 2. The van der Waals surface area contributed by atoms with Gasteiger partial charge in [0.05, 0.1) is 19.1 Å². The zero-order valence-corrected chi connectivity index (χ0v) is 18.0. The van der Waals surface area contributed by atoms with E-state index < -0.39 is 10.0 Å². The Kier molecular flexibility index (Phi) is 4.88. The van der Waals surface area contributed by atoms with Gasteiger partial charge in [0.2, 0.25) is 10.0 Å². The molecule has 2 aromatic rings. The normalized spacial score (nSPS) is 23.1. The number of piperidine rings is 1. The Morgan fingerprint density at radius 3 is 2.63 bits per heavy atom. The Morgan fingerprint density at radius 2 is 1.87 bits per heavy atom. The molecule has 0 aromatic heterocycles. The minimum atomic E-state index is -3.61. The van der Waals surface area contributed by atoms with E-state index in [1.54, 1.807) is 24.6 Å². The van der Waals surface area contributed by atoms with Crippen molar-refractivity contribution in [3.8, 4) is 17.2 Å². The SMILES string of the molecule is COc1cc2c(cc1OC)CN(S(=O)(=O)c1ccc3c(c1)C1CCNCC1O3)CC2. The van der Waals surface area contributed by atoms with Gasteiger partial charge in [0, 0.05) is 31.1 Å². The highest BCUT2D eigenvalue weighted by Crippen LogP contribution is 2.43. The lowest BCUT2D eigenvalue weighted by molar-refractivity contribution is 0.177. The van der Waals surface area contributed by atoms with Crippen molar-refractivity contribution < 1.29 is 22.6 Å². The number of fused-ring (bicyclic) bond motifs is 4. The molecule has 1 N–H and O–H groups in total. The smallest absolute Gasteiger partial charge is 0.243 e. The van der Waals surface area contributed by atoms with Crippen molar-refractivity contribution in [1.82, 2.24) is 9.62 Å². The molecule has 3 aliphatic rings. The van der Waals surface area contributed by atoms with Gasteiger partial charge < -0.3 is 19.5 Å². The molecule has 1 saturated heterocycles. The molecule has 0 bridgehead atoms. The molecular weight excluding hydrogens is 404 g/mol. The van der Waals surface area contributed by atoms with E-state index in [0.29, 0.717) is 35.9 Å². The molecular formula is C22H26N2O5S. The van der Waals surface area contributed by atoms with E-state index in [9.17, 15) is 8.42 Å². The number of nitrogens with zero attached hydrogens (tertiary/aromatic N) is 1. The van der Waals surface area contributed by atoms with Crippen LogP contribution in [0.1, 0.15) is 29.0 Å². The second-order valence-electron chi connectivity index (χ2n) is 8.02. The molecule has 0 radical (unpaired) electrons. The van der Waals surface area contributed by atoms with Gasteiger partial charge in [-0.05, 0) is 60.8 Å². The van der Waals surface area contributed by atoms with Crippen LogP contribution in [0.5, 0.6) is 17.2 Å².